The van der Waals surface area contributed by atoms with Crippen molar-refractivity contribution in [3.8, 4) is 11.3 Å². The van der Waals surface area contributed by atoms with Crippen molar-refractivity contribution < 1.29 is 9.18 Å². The number of aromatic nitrogens is 3. The number of nitrogens with one attached hydrogen (secondary N) is 1. The monoisotopic (exact) mass is 407 g/mol. The van der Waals surface area contributed by atoms with Crippen molar-refractivity contribution in [1.29, 1.82) is 0 Å². The predicted octanol–water partition coefficient (Wildman–Crippen LogP) is 3.99. The molecule has 1 atom stereocenters. The van der Waals surface area contributed by atoms with Crippen molar-refractivity contribution >= 4 is 33.0 Å². The van der Waals surface area contributed by atoms with Crippen LogP contribution in [0, 0.1) is 5.82 Å². The van der Waals surface area contributed by atoms with Crippen LogP contribution in [0.2, 0.25) is 0 Å². The average Bonchev–Trinajstić information content (AvgIpc) is 3.41. The van der Waals surface area contributed by atoms with Gasteiger partial charge < -0.3 is 10.2 Å². The average molecular weight is 407 g/mol. The summed E-state index contributed by atoms with van der Waals surface area (Å²) in [6, 6.07) is 13.8. The van der Waals surface area contributed by atoms with Gasteiger partial charge in [0.2, 0.25) is 16.0 Å². The Morgan fingerprint density at radius 3 is 2.79 bits per heavy atom. The largest absolute Gasteiger partial charge is 0.349 e. The lowest BCUT2D eigenvalue weighted by molar-refractivity contribution is -0.118. The van der Waals surface area contributed by atoms with Crippen molar-refractivity contribution in [1.82, 2.24) is 14.6 Å². The molecule has 1 amide bonds. The van der Waals surface area contributed by atoms with E-state index in [0.717, 1.165) is 23.4 Å². The summed E-state index contributed by atoms with van der Waals surface area (Å²) < 4.78 is 14.8. The number of amides is 1. The van der Waals surface area contributed by atoms with Gasteiger partial charge in [0, 0.05) is 17.8 Å². The maximum Gasteiger partial charge on any atom is 0.249 e. The third kappa shape index (κ3) is 3.25. The normalized spacial score (nSPS) is 14.2. The molecule has 0 spiro atoms. The van der Waals surface area contributed by atoms with Gasteiger partial charge in [-0.2, -0.15) is 0 Å². The van der Waals surface area contributed by atoms with E-state index in [9.17, 15) is 9.18 Å². The van der Waals surface area contributed by atoms with Gasteiger partial charge in [0.25, 0.3) is 0 Å². The number of fused-ring (bicyclic) bond motifs is 2. The number of hydrogen-bond donors (Lipinski definition) is 1. The highest BCUT2D eigenvalue weighted by molar-refractivity contribution is 7.20. The molecule has 0 saturated carbocycles. The molecule has 2 aromatic heterocycles. The zero-order valence-electron chi connectivity index (χ0n) is 15.7. The lowest BCUT2D eigenvalue weighted by Crippen LogP contribution is -2.40. The van der Waals surface area contributed by atoms with Gasteiger partial charge in [-0.25, -0.2) is 13.9 Å². The number of carbonyl (C=O) groups excluding carboxylic acids is 1. The second-order valence-electron chi connectivity index (χ2n) is 7.00. The summed E-state index contributed by atoms with van der Waals surface area (Å²) >= 11 is 1.37. The summed E-state index contributed by atoms with van der Waals surface area (Å²) in [6.07, 6.45) is 2.68. The smallest absolute Gasteiger partial charge is 0.249 e. The fraction of sp³-hybridized carbons (Fsp3) is 0.190. The van der Waals surface area contributed by atoms with E-state index < -0.39 is 6.04 Å². The fourth-order valence-corrected chi connectivity index (χ4v) is 4.43. The summed E-state index contributed by atoms with van der Waals surface area (Å²) in [5, 5.41) is 8.31. The van der Waals surface area contributed by atoms with Gasteiger partial charge in [-0.1, -0.05) is 29.5 Å². The van der Waals surface area contributed by atoms with Crippen LogP contribution >= 0.6 is 11.3 Å². The van der Waals surface area contributed by atoms with Gasteiger partial charge in [-0.15, -0.1) is 5.10 Å². The Bertz CT molecular complexity index is 1170. The molecule has 0 fully saturated rings. The highest BCUT2D eigenvalue weighted by Gasteiger charge is 2.28. The van der Waals surface area contributed by atoms with E-state index in [-0.39, 0.29) is 11.7 Å². The number of carbonyl (C=O) groups is 1. The third-order valence-corrected chi connectivity index (χ3v) is 5.90. The summed E-state index contributed by atoms with van der Waals surface area (Å²) in [4.78, 5) is 20.0. The maximum absolute atomic E-state index is 13.1. The lowest BCUT2D eigenvalue weighted by atomic mass is 10.2. The first-order chi connectivity index (χ1) is 14.1. The first-order valence-electron chi connectivity index (χ1n) is 9.36. The van der Waals surface area contributed by atoms with Crippen molar-refractivity contribution in [3.63, 3.8) is 0 Å². The molecule has 3 heterocycles. The van der Waals surface area contributed by atoms with Crippen molar-refractivity contribution in [2.75, 3.05) is 16.8 Å². The number of imidazole rings is 1. The minimum Gasteiger partial charge on any atom is -0.349 e. The minimum atomic E-state index is -0.409. The number of anilines is 2. The molecule has 1 unspecified atom stereocenters. The first kappa shape index (κ1) is 17.8. The molecule has 2 aromatic carbocycles. The van der Waals surface area contributed by atoms with E-state index >= 15 is 0 Å². The van der Waals surface area contributed by atoms with Crippen molar-refractivity contribution in [2.45, 2.75) is 19.4 Å². The molecule has 6 nitrogen and oxygen atoms in total. The number of halogens is 1. The van der Waals surface area contributed by atoms with E-state index in [1.165, 1.54) is 29.0 Å². The molecule has 29 heavy (non-hydrogen) atoms. The van der Waals surface area contributed by atoms with Crippen LogP contribution in [-0.2, 0) is 11.2 Å². The summed E-state index contributed by atoms with van der Waals surface area (Å²) in [5.74, 6) is -0.256. The number of rotatable bonds is 4. The van der Waals surface area contributed by atoms with Gasteiger partial charge in [0.1, 0.15) is 11.9 Å². The van der Waals surface area contributed by atoms with Gasteiger partial charge in [0.15, 0.2) is 0 Å². The summed E-state index contributed by atoms with van der Waals surface area (Å²) in [5.41, 5.74) is 3.75. The topological polar surface area (TPSA) is 62.5 Å². The molecule has 0 aliphatic carbocycles. The maximum atomic E-state index is 13.1. The van der Waals surface area contributed by atoms with E-state index in [4.69, 9.17) is 0 Å². The Hall–Kier alpha value is -3.26. The van der Waals surface area contributed by atoms with Crippen LogP contribution in [0.25, 0.3) is 16.2 Å². The Morgan fingerprint density at radius 2 is 2.00 bits per heavy atom. The molecule has 0 radical (unpaired) electrons. The number of benzene rings is 2. The second-order valence-corrected chi connectivity index (χ2v) is 7.96. The van der Waals surface area contributed by atoms with Crippen LogP contribution in [0.4, 0.5) is 15.2 Å². The number of hydrogen-bond acceptors (Lipinski definition) is 5. The van der Waals surface area contributed by atoms with Gasteiger partial charge in [-0.05, 0) is 49.2 Å². The fourth-order valence-electron chi connectivity index (χ4n) is 3.57. The highest BCUT2D eigenvalue weighted by atomic mass is 32.1. The Balaban J connectivity index is 1.32. The van der Waals surface area contributed by atoms with Crippen LogP contribution in [0.15, 0.2) is 54.7 Å². The van der Waals surface area contributed by atoms with Crippen LogP contribution < -0.4 is 10.2 Å². The Morgan fingerprint density at radius 1 is 1.21 bits per heavy atom. The second kappa shape index (κ2) is 6.97. The number of para-hydroxylation sites is 1. The first-order valence-corrected chi connectivity index (χ1v) is 10.2. The standard InChI is InChI=1S/C21H18FN5OS/c1-13(19(28)26-11-10-15-4-2-3-5-18(15)26)23-20-25-27-12-17(24-21(27)29-20)14-6-8-16(22)9-7-14/h2-9,12-13H,10-11H2,1H3,(H,23,25). The van der Waals surface area contributed by atoms with E-state index in [0.29, 0.717) is 16.6 Å². The zero-order valence-corrected chi connectivity index (χ0v) is 16.5. The van der Waals surface area contributed by atoms with Gasteiger partial charge in [0.05, 0.1) is 11.9 Å². The SMILES string of the molecule is CC(Nc1nn2cc(-c3ccc(F)cc3)nc2s1)C(=O)N1CCc2ccccc21. The molecular formula is C21H18FN5OS. The zero-order chi connectivity index (χ0) is 20.0. The molecule has 5 rings (SSSR count). The summed E-state index contributed by atoms with van der Waals surface area (Å²) in [6.45, 7) is 2.55. The molecule has 8 heteroatoms. The van der Waals surface area contributed by atoms with E-state index in [1.54, 1.807) is 22.8 Å². The molecule has 4 aromatic rings. The minimum absolute atomic E-state index is 0.0230. The summed E-state index contributed by atoms with van der Waals surface area (Å²) in [7, 11) is 0. The molecule has 0 saturated heterocycles. The quantitative estimate of drug-likeness (QED) is 0.556. The Labute approximate surface area is 170 Å². The van der Waals surface area contributed by atoms with E-state index in [1.807, 2.05) is 30.0 Å². The molecule has 146 valence electrons. The van der Waals surface area contributed by atoms with Gasteiger partial charge >= 0.3 is 0 Å². The predicted molar refractivity (Wildman–Crippen MR) is 112 cm³/mol. The molecule has 0 bridgehead atoms. The van der Waals surface area contributed by atoms with E-state index in [2.05, 4.69) is 21.5 Å². The third-order valence-electron chi connectivity index (χ3n) is 5.05. The molecular weight excluding hydrogens is 389 g/mol. The molecule has 1 N–H and O–H groups in total. The van der Waals surface area contributed by atoms with Crippen LogP contribution in [0.5, 0.6) is 0 Å². The van der Waals surface area contributed by atoms with Crippen LogP contribution in [-0.4, -0.2) is 33.1 Å². The molecule has 1 aliphatic rings. The highest BCUT2D eigenvalue weighted by Crippen LogP contribution is 2.29. The van der Waals surface area contributed by atoms with Crippen LogP contribution in [0.3, 0.4) is 0 Å². The number of nitrogens with zero attached hydrogens (tertiary/aromatic N) is 4. The van der Waals surface area contributed by atoms with Crippen LogP contribution in [0.1, 0.15) is 12.5 Å². The molecule has 1 aliphatic heterocycles. The van der Waals surface area contributed by atoms with Crippen molar-refractivity contribution in [2.24, 2.45) is 0 Å². The Kier molecular flexibility index (Phi) is 4.28. The van der Waals surface area contributed by atoms with Crippen molar-refractivity contribution in [3.05, 3.63) is 66.1 Å². The lowest BCUT2D eigenvalue weighted by Gasteiger charge is -2.22. The van der Waals surface area contributed by atoms with Gasteiger partial charge in [-0.3, -0.25) is 4.79 Å².